The van der Waals surface area contributed by atoms with Crippen LogP contribution in [0.4, 0.5) is 5.69 Å². The summed E-state index contributed by atoms with van der Waals surface area (Å²) in [4.78, 5) is 0. The van der Waals surface area contributed by atoms with Crippen LogP contribution in [0.15, 0.2) is 42.5 Å². The lowest BCUT2D eigenvalue weighted by Crippen LogP contribution is -2.03. The number of ether oxygens (including phenoxy) is 2. The van der Waals surface area contributed by atoms with Crippen LogP contribution in [-0.4, -0.2) is 14.2 Å². The number of nitrogens with one attached hydrogen (secondary N) is 1. The first-order chi connectivity index (χ1) is 9.78. The van der Waals surface area contributed by atoms with E-state index in [0.29, 0.717) is 23.5 Å². The molecule has 102 valence electrons. The molecule has 0 heterocycles. The van der Waals surface area contributed by atoms with Gasteiger partial charge < -0.3 is 14.8 Å². The number of nitriles is 1. The van der Waals surface area contributed by atoms with Gasteiger partial charge in [0, 0.05) is 6.54 Å². The molecule has 0 saturated carbocycles. The lowest BCUT2D eigenvalue weighted by Gasteiger charge is -2.13. The third-order valence-electron chi connectivity index (χ3n) is 2.97. The minimum atomic E-state index is 0.562. The normalized spacial score (nSPS) is 9.65. The van der Waals surface area contributed by atoms with Crippen molar-refractivity contribution < 1.29 is 9.47 Å². The first kappa shape index (κ1) is 13.8. The van der Waals surface area contributed by atoms with Crippen LogP contribution in [0, 0.1) is 11.3 Å². The summed E-state index contributed by atoms with van der Waals surface area (Å²) in [5.41, 5.74) is 2.34. The van der Waals surface area contributed by atoms with Gasteiger partial charge in [0.1, 0.15) is 17.6 Å². The van der Waals surface area contributed by atoms with Gasteiger partial charge in [0.05, 0.1) is 25.5 Å². The van der Waals surface area contributed by atoms with Crippen LogP contribution >= 0.6 is 0 Å². The van der Waals surface area contributed by atoms with Crippen molar-refractivity contribution in [2.45, 2.75) is 6.54 Å². The van der Waals surface area contributed by atoms with Crippen LogP contribution in [0.1, 0.15) is 11.1 Å². The van der Waals surface area contributed by atoms with Crippen molar-refractivity contribution in [1.82, 2.24) is 0 Å². The minimum Gasteiger partial charge on any atom is -0.497 e. The van der Waals surface area contributed by atoms with E-state index in [9.17, 15) is 0 Å². The summed E-state index contributed by atoms with van der Waals surface area (Å²) >= 11 is 0. The van der Waals surface area contributed by atoms with E-state index in [1.54, 1.807) is 26.4 Å². The number of para-hydroxylation sites is 1. The molecule has 4 nitrogen and oxygen atoms in total. The highest BCUT2D eigenvalue weighted by molar-refractivity contribution is 5.66. The molecule has 0 bridgehead atoms. The van der Waals surface area contributed by atoms with Crippen LogP contribution in [0.2, 0.25) is 0 Å². The lowest BCUT2D eigenvalue weighted by molar-refractivity contribution is 0.414. The van der Waals surface area contributed by atoms with E-state index in [1.807, 2.05) is 30.3 Å². The summed E-state index contributed by atoms with van der Waals surface area (Å²) in [6.45, 7) is 0.590. The number of anilines is 1. The van der Waals surface area contributed by atoms with Gasteiger partial charge in [-0.25, -0.2) is 0 Å². The van der Waals surface area contributed by atoms with E-state index in [0.717, 1.165) is 11.3 Å². The highest BCUT2D eigenvalue weighted by atomic mass is 16.5. The Bertz CT molecular complexity index is 633. The third-order valence-corrected chi connectivity index (χ3v) is 2.97. The highest BCUT2D eigenvalue weighted by Gasteiger charge is 2.08. The summed E-state index contributed by atoms with van der Waals surface area (Å²) < 4.78 is 10.5. The number of nitrogens with zero attached hydrogens (tertiary/aromatic N) is 1. The number of hydrogen-bond donors (Lipinski definition) is 1. The molecular formula is C16H16N2O2. The first-order valence-corrected chi connectivity index (χ1v) is 6.22. The molecule has 1 N–H and O–H groups in total. The topological polar surface area (TPSA) is 54.3 Å². The van der Waals surface area contributed by atoms with Gasteiger partial charge in [-0.05, 0) is 29.8 Å². The molecule has 20 heavy (non-hydrogen) atoms. The van der Waals surface area contributed by atoms with Crippen molar-refractivity contribution in [2.24, 2.45) is 0 Å². The quantitative estimate of drug-likeness (QED) is 0.904. The molecule has 0 atom stereocenters. The molecule has 0 aromatic heterocycles. The van der Waals surface area contributed by atoms with E-state index in [1.165, 1.54) is 0 Å². The highest BCUT2D eigenvalue weighted by Crippen LogP contribution is 2.28. The molecule has 0 radical (unpaired) electrons. The van der Waals surface area contributed by atoms with Crippen molar-refractivity contribution in [3.8, 4) is 17.6 Å². The lowest BCUT2D eigenvalue weighted by atomic mass is 10.1. The van der Waals surface area contributed by atoms with E-state index in [-0.39, 0.29) is 0 Å². The zero-order valence-electron chi connectivity index (χ0n) is 11.5. The van der Waals surface area contributed by atoms with E-state index in [2.05, 4.69) is 11.4 Å². The Balaban J connectivity index is 2.20. The predicted molar refractivity (Wildman–Crippen MR) is 78.0 cm³/mol. The molecule has 0 aliphatic heterocycles. The number of hydrogen-bond acceptors (Lipinski definition) is 4. The number of rotatable bonds is 5. The maximum absolute atomic E-state index is 9.15. The summed E-state index contributed by atoms with van der Waals surface area (Å²) in [6.07, 6.45) is 0. The largest absolute Gasteiger partial charge is 0.497 e. The van der Waals surface area contributed by atoms with E-state index < -0.39 is 0 Å². The average Bonchev–Trinajstić information content (AvgIpc) is 2.52. The Kier molecular flexibility index (Phi) is 4.46. The molecule has 0 amide bonds. The molecule has 0 aliphatic rings. The summed E-state index contributed by atoms with van der Waals surface area (Å²) in [5.74, 6) is 1.47. The van der Waals surface area contributed by atoms with E-state index >= 15 is 0 Å². The Morgan fingerprint density at radius 3 is 2.60 bits per heavy atom. The fraction of sp³-hybridized carbons (Fsp3) is 0.188. The maximum atomic E-state index is 9.15. The van der Waals surface area contributed by atoms with E-state index in [4.69, 9.17) is 14.7 Å². The Morgan fingerprint density at radius 2 is 1.90 bits per heavy atom. The van der Waals surface area contributed by atoms with Crippen LogP contribution in [0.3, 0.4) is 0 Å². The second kappa shape index (κ2) is 6.48. The zero-order chi connectivity index (χ0) is 14.4. The van der Waals surface area contributed by atoms with Gasteiger partial charge >= 0.3 is 0 Å². The summed E-state index contributed by atoms with van der Waals surface area (Å²) in [7, 11) is 3.23. The molecule has 0 fully saturated rings. The van der Waals surface area contributed by atoms with Crippen LogP contribution < -0.4 is 14.8 Å². The van der Waals surface area contributed by atoms with Crippen LogP contribution in [0.5, 0.6) is 11.5 Å². The molecule has 2 rings (SSSR count). The van der Waals surface area contributed by atoms with Gasteiger partial charge in [-0.2, -0.15) is 5.26 Å². The van der Waals surface area contributed by atoms with Crippen molar-refractivity contribution in [3.05, 3.63) is 53.6 Å². The van der Waals surface area contributed by atoms with Gasteiger partial charge in [0.15, 0.2) is 0 Å². The smallest absolute Gasteiger partial charge is 0.143 e. The number of methoxy groups -OCH3 is 2. The average molecular weight is 268 g/mol. The molecule has 2 aromatic rings. The van der Waals surface area contributed by atoms with Crippen molar-refractivity contribution in [2.75, 3.05) is 19.5 Å². The standard InChI is InChI=1S/C16H16N2O2/c1-19-14-7-3-5-12(9-14)11-18-16-13(10-17)6-4-8-15(16)20-2/h3-9,18H,11H2,1-2H3. The SMILES string of the molecule is COc1cccc(CNc2c(C#N)cccc2OC)c1. The minimum absolute atomic E-state index is 0.562. The third kappa shape index (κ3) is 3.01. The maximum Gasteiger partial charge on any atom is 0.143 e. The molecule has 4 heteroatoms. The van der Waals surface area contributed by atoms with Gasteiger partial charge in [0.25, 0.3) is 0 Å². The van der Waals surface area contributed by atoms with Crippen molar-refractivity contribution >= 4 is 5.69 Å². The Morgan fingerprint density at radius 1 is 1.10 bits per heavy atom. The van der Waals surface area contributed by atoms with Gasteiger partial charge in [-0.1, -0.05) is 18.2 Å². The predicted octanol–water partition coefficient (Wildman–Crippen LogP) is 3.19. The fourth-order valence-electron chi connectivity index (χ4n) is 1.95. The molecule has 0 unspecified atom stereocenters. The number of benzene rings is 2. The van der Waals surface area contributed by atoms with Gasteiger partial charge in [0.2, 0.25) is 0 Å². The van der Waals surface area contributed by atoms with Crippen LogP contribution in [-0.2, 0) is 6.54 Å². The van der Waals surface area contributed by atoms with Gasteiger partial charge in [-0.15, -0.1) is 0 Å². The second-order valence-electron chi connectivity index (χ2n) is 4.20. The fourth-order valence-corrected chi connectivity index (χ4v) is 1.95. The summed E-state index contributed by atoms with van der Waals surface area (Å²) in [6, 6.07) is 15.3. The molecule has 0 saturated heterocycles. The van der Waals surface area contributed by atoms with Crippen molar-refractivity contribution in [1.29, 1.82) is 5.26 Å². The van der Waals surface area contributed by atoms with Gasteiger partial charge in [-0.3, -0.25) is 0 Å². The Labute approximate surface area is 118 Å². The Hall–Kier alpha value is -2.67. The molecular weight excluding hydrogens is 252 g/mol. The monoisotopic (exact) mass is 268 g/mol. The molecule has 0 aliphatic carbocycles. The van der Waals surface area contributed by atoms with Crippen LogP contribution in [0.25, 0.3) is 0 Å². The van der Waals surface area contributed by atoms with Crippen molar-refractivity contribution in [3.63, 3.8) is 0 Å². The first-order valence-electron chi connectivity index (χ1n) is 6.22. The second-order valence-corrected chi connectivity index (χ2v) is 4.20. The molecule has 2 aromatic carbocycles. The summed E-state index contributed by atoms with van der Waals surface area (Å²) in [5, 5.41) is 12.4. The molecule has 0 spiro atoms. The zero-order valence-corrected chi connectivity index (χ0v) is 11.5.